The lowest BCUT2D eigenvalue weighted by atomic mass is 10.2. The number of nitrogens with one attached hydrogen (secondary N) is 1. The van der Waals surface area contributed by atoms with Gasteiger partial charge in [-0.2, -0.15) is 27.7 Å². The number of sulfonamides is 1. The van der Waals surface area contributed by atoms with Gasteiger partial charge < -0.3 is 10.2 Å². The SMILES string of the molecule is Cc1c(S(=O)(=O)N2CCN(C(=O)Cn3cc4cc(NC(=O)c5cccc(C(F)(F)F)n5)ccc4n3)CC2)cnn1C. The van der Waals surface area contributed by atoms with Crippen molar-refractivity contribution in [2.75, 3.05) is 31.5 Å². The number of carbonyl (C=O) groups is 2. The second kappa shape index (κ2) is 10.6. The first-order valence-corrected chi connectivity index (χ1v) is 13.9. The first-order valence-electron chi connectivity index (χ1n) is 12.4. The zero-order chi connectivity index (χ0) is 29.5. The van der Waals surface area contributed by atoms with E-state index < -0.39 is 27.8 Å². The van der Waals surface area contributed by atoms with E-state index in [0.29, 0.717) is 22.3 Å². The van der Waals surface area contributed by atoms with Gasteiger partial charge in [-0.25, -0.2) is 13.4 Å². The summed E-state index contributed by atoms with van der Waals surface area (Å²) in [6.07, 6.45) is -1.74. The van der Waals surface area contributed by atoms with Crippen molar-refractivity contribution in [2.24, 2.45) is 7.05 Å². The molecule has 1 aliphatic heterocycles. The number of fused-ring (bicyclic) bond motifs is 1. The van der Waals surface area contributed by atoms with E-state index in [2.05, 4.69) is 20.5 Å². The van der Waals surface area contributed by atoms with Crippen molar-refractivity contribution in [3.8, 4) is 0 Å². The van der Waals surface area contributed by atoms with E-state index in [0.717, 1.165) is 12.1 Å². The first-order chi connectivity index (χ1) is 19.3. The fraction of sp³-hybridized carbons (Fsp3) is 0.320. The summed E-state index contributed by atoms with van der Waals surface area (Å²) in [5.41, 5.74) is -0.170. The molecule has 0 atom stereocenters. The van der Waals surface area contributed by atoms with Crippen molar-refractivity contribution in [3.63, 3.8) is 0 Å². The third kappa shape index (κ3) is 5.78. The van der Waals surface area contributed by atoms with Crippen LogP contribution in [-0.2, 0) is 34.6 Å². The molecule has 4 aromatic rings. The molecule has 2 amide bonds. The number of carbonyl (C=O) groups excluding carboxylic acids is 2. The number of aromatic nitrogens is 5. The highest BCUT2D eigenvalue weighted by atomic mass is 32.2. The van der Waals surface area contributed by atoms with Gasteiger partial charge in [-0.05, 0) is 37.3 Å². The van der Waals surface area contributed by atoms with Gasteiger partial charge in [-0.1, -0.05) is 6.07 Å². The molecule has 0 aliphatic carbocycles. The second-order valence-corrected chi connectivity index (χ2v) is 11.4. The monoisotopic (exact) mass is 590 g/mol. The number of aryl methyl sites for hydroxylation is 1. The van der Waals surface area contributed by atoms with Gasteiger partial charge in [0.05, 0.1) is 17.4 Å². The number of piperazine rings is 1. The number of hydrogen-bond donors (Lipinski definition) is 1. The Kier molecular flexibility index (Phi) is 7.29. The fourth-order valence-electron chi connectivity index (χ4n) is 4.44. The predicted octanol–water partition coefficient (Wildman–Crippen LogP) is 2.28. The summed E-state index contributed by atoms with van der Waals surface area (Å²) in [4.78, 5) is 30.5. The molecule has 1 N–H and O–H groups in total. The van der Waals surface area contributed by atoms with E-state index in [1.807, 2.05) is 0 Å². The molecule has 12 nitrogen and oxygen atoms in total. The van der Waals surface area contributed by atoms with Gasteiger partial charge in [0.15, 0.2) is 0 Å². The van der Waals surface area contributed by atoms with Crippen LogP contribution in [0.4, 0.5) is 18.9 Å². The summed E-state index contributed by atoms with van der Waals surface area (Å²) in [7, 11) is -2.06. The predicted molar refractivity (Wildman–Crippen MR) is 140 cm³/mol. The van der Waals surface area contributed by atoms with E-state index in [1.54, 1.807) is 37.2 Å². The van der Waals surface area contributed by atoms with E-state index in [9.17, 15) is 31.2 Å². The molecule has 5 rings (SSSR count). The summed E-state index contributed by atoms with van der Waals surface area (Å²) in [5, 5.41) is 11.5. The normalized spacial score (nSPS) is 14.9. The van der Waals surface area contributed by atoms with Crippen molar-refractivity contribution < 1.29 is 31.2 Å². The molecular formula is C25H25F3N8O4S. The molecule has 0 spiro atoms. The molecule has 1 fully saturated rings. The minimum Gasteiger partial charge on any atom is -0.338 e. The number of halogens is 3. The van der Waals surface area contributed by atoms with Crippen LogP contribution in [0.2, 0.25) is 0 Å². The molecule has 0 unspecified atom stereocenters. The van der Waals surface area contributed by atoms with Crippen molar-refractivity contribution >= 4 is 38.4 Å². The maximum absolute atomic E-state index is 13.0. The zero-order valence-electron chi connectivity index (χ0n) is 22.0. The zero-order valence-corrected chi connectivity index (χ0v) is 22.8. The third-order valence-corrected chi connectivity index (χ3v) is 8.78. The lowest BCUT2D eigenvalue weighted by molar-refractivity contribution is -0.141. The first kappa shape index (κ1) is 28.2. The molecule has 3 aromatic heterocycles. The minimum absolute atomic E-state index is 0.0843. The molecule has 1 aromatic carbocycles. The second-order valence-electron chi connectivity index (χ2n) is 9.46. The highest BCUT2D eigenvalue weighted by Crippen LogP contribution is 2.28. The maximum Gasteiger partial charge on any atom is 0.433 e. The number of hydrogen-bond acceptors (Lipinski definition) is 7. The van der Waals surface area contributed by atoms with E-state index in [1.165, 1.54) is 32.0 Å². The van der Waals surface area contributed by atoms with Gasteiger partial charge in [0, 0.05) is 50.5 Å². The van der Waals surface area contributed by atoms with Crippen LogP contribution >= 0.6 is 0 Å². The van der Waals surface area contributed by atoms with Gasteiger partial charge >= 0.3 is 6.18 Å². The molecule has 4 heterocycles. The summed E-state index contributed by atoms with van der Waals surface area (Å²) in [6, 6.07) is 7.80. The molecule has 216 valence electrons. The van der Waals surface area contributed by atoms with Crippen molar-refractivity contribution in [1.82, 2.24) is 33.8 Å². The van der Waals surface area contributed by atoms with Crippen LogP contribution < -0.4 is 5.32 Å². The number of anilines is 1. The van der Waals surface area contributed by atoms with Gasteiger partial charge in [-0.3, -0.25) is 19.0 Å². The van der Waals surface area contributed by atoms with Crippen LogP contribution in [0.15, 0.2) is 53.7 Å². The van der Waals surface area contributed by atoms with E-state index in [-0.39, 0.29) is 49.2 Å². The quantitative estimate of drug-likeness (QED) is 0.364. The van der Waals surface area contributed by atoms with Gasteiger partial charge in [0.2, 0.25) is 15.9 Å². The smallest absolute Gasteiger partial charge is 0.338 e. The Labute approximate surface area is 232 Å². The summed E-state index contributed by atoms with van der Waals surface area (Å²) < 4.78 is 69.0. The summed E-state index contributed by atoms with van der Waals surface area (Å²) in [6.45, 7) is 2.33. The van der Waals surface area contributed by atoms with Gasteiger partial charge in [0.25, 0.3) is 5.91 Å². The highest BCUT2D eigenvalue weighted by molar-refractivity contribution is 7.89. The van der Waals surface area contributed by atoms with Crippen molar-refractivity contribution in [3.05, 3.63) is 65.9 Å². The van der Waals surface area contributed by atoms with Gasteiger partial charge in [0.1, 0.15) is 22.8 Å². The van der Waals surface area contributed by atoms with Crippen LogP contribution in [0.1, 0.15) is 21.9 Å². The number of pyridine rings is 1. The summed E-state index contributed by atoms with van der Waals surface area (Å²) >= 11 is 0. The third-order valence-electron chi connectivity index (χ3n) is 6.78. The van der Waals surface area contributed by atoms with Crippen LogP contribution in [0.25, 0.3) is 10.9 Å². The Hall–Kier alpha value is -4.31. The molecular weight excluding hydrogens is 565 g/mol. The average molecular weight is 591 g/mol. The lowest BCUT2D eigenvalue weighted by Crippen LogP contribution is -2.51. The van der Waals surface area contributed by atoms with Gasteiger partial charge in [-0.15, -0.1) is 0 Å². The summed E-state index contributed by atoms with van der Waals surface area (Å²) in [5.74, 6) is -1.05. The fourth-order valence-corrected chi connectivity index (χ4v) is 6.04. The Morgan fingerprint density at radius 2 is 1.80 bits per heavy atom. The number of amides is 2. The molecule has 0 bridgehead atoms. The standard InChI is InChI=1S/C25H25F3N8O4S/c1-16-21(13-29-33(16)2)41(39,40)36-10-8-34(9-11-36)23(37)15-35-14-17-12-18(6-7-19(17)32-35)30-24(38)20-4-3-5-22(31-20)25(26,27)28/h3-7,12-14H,8-11,15H2,1-2H3,(H,30,38). The molecule has 1 aliphatic rings. The van der Waals surface area contributed by atoms with Crippen LogP contribution in [0, 0.1) is 6.92 Å². The maximum atomic E-state index is 13.0. The minimum atomic E-state index is -4.68. The Bertz CT molecular complexity index is 1740. The van der Waals surface area contributed by atoms with Crippen molar-refractivity contribution in [1.29, 1.82) is 0 Å². The number of rotatable bonds is 6. The van der Waals surface area contributed by atoms with Crippen LogP contribution in [-0.4, -0.2) is 80.2 Å². The topological polar surface area (TPSA) is 135 Å². The Morgan fingerprint density at radius 3 is 2.46 bits per heavy atom. The number of nitrogens with zero attached hydrogens (tertiary/aromatic N) is 7. The Morgan fingerprint density at radius 1 is 1.07 bits per heavy atom. The molecule has 41 heavy (non-hydrogen) atoms. The highest BCUT2D eigenvalue weighted by Gasteiger charge is 2.33. The number of alkyl halides is 3. The number of benzene rings is 1. The molecule has 0 saturated carbocycles. The lowest BCUT2D eigenvalue weighted by Gasteiger charge is -2.33. The average Bonchev–Trinajstić information content (AvgIpc) is 3.49. The molecule has 0 radical (unpaired) electrons. The Balaban J connectivity index is 1.21. The van der Waals surface area contributed by atoms with Crippen LogP contribution in [0.3, 0.4) is 0 Å². The molecule has 1 saturated heterocycles. The molecule has 16 heteroatoms. The van der Waals surface area contributed by atoms with Crippen molar-refractivity contribution in [2.45, 2.75) is 24.5 Å². The van der Waals surface area contributed by atoms with E-state index in [4.69, 9.17) is 0 Å². The van der Waals surface area contributed by atoms with E-state index >= 15 is 0 Å². The largest absolute Gasteiger partial charge is 0.433 e. The van der Waals surface area contributed by atoms with Crippen LogP contribution in [0.5, 0.6) is 0 Å².